The van der Waals surface area contributed by atoms with Crippen LogP contribution in [0.15, 0.2) is 30.3 Å². The minimum Gasteiger partial charge on any atom is -0.494 e. The van der Waals surface area contributed by atoms with Gasteiger partial charge in [-0.15, -0.1) is 0 Å². The van der Waals surface area contributed by atoms with Gasteiger partial charge in [0.05, 0.1) is 6.61 Å². The minimum atomic E-state index is -0.941. The average molecular weight is 220 g/mol. The Hall–Kier alpha value is -1.77. The van der Waals surface area contributed by atoms with E-state index in [0.717, 1.165) is 36.8 Å². The van der Waals surface area contributed by atoms with E-state index in [0.29, 0.717) is 0 Å². The summed E-state index contributed by atoms with van der Waals surface area (Å²) in [7, 11) is 0. The van der Waals surface area contributed by atoms with Crippen molar-refractivity contribution in [1.82, 2.24) is 0 Å². The molecule has 0 unspecified atom stereocenters. The van der Waals surface area contributed by atoms with E-state index in [-0.39, 0.29) is 0 Å². The van der Waals surface area contributed by atoms with Crippen molar-refractivity contribution >= 4 is 12.0 Å². The molecule has 0 radical (unpaired) electrons. The van der Waals surface area contributed by atoms with Crippen LogP contribution in [-0.2, 0) is 4.79 Å². The SMILES string of the molecule is CCCCOc1ccc(/C=C\C(=O)O)cc1. The number of carboxylic acids is 1. The monoisotopic (exact) mass is 220 g/mol. The van der Waals surface area contributed by atoms with Crippen LogP contribution < -0.4 is 4.74 Å². The van der Waals surface area contributed by atoms with Crippen LogP contribution in [0.25, 0.3) is 6.08 Å². The molecule has 1 rings (SSSR count). The first kappa shape index (κ1) is 12.3. The van der Waals surface area contributed by atoms with Gasteiger partial charge in [-0.1, -0.05) is 25.5 Å². The molecule has 0 aliphatic heterocycles. The Labute approximate surface area is 95.4 Å². The maximum Gasteiger partial charge on any atom is 0.328 e. The second kappa shape index (κ2) is 6.67. The second-order valence-electron chi connectivity index (χ2n) is 3.44. The van der Waals surface area contributed by atoms with Crippen molar-refractivity contribution < 1.29 is 14.6 Å². The van der Waals surface area contributed by atoms with Crippen molar-refractivity contribution in [3.05, 3.63) is 35.9 Å². The molecule has 0 aliphatic carbocycles. The maximum absolute atomic E-state index is 10.3. The van der Waals surface area contributed by atoms with Gasteiger partial charge in [-0.2, -0.15) is 0 Å². The van der Waals surface area contributed by atoms with E-state index in [1.54, 1.807) is 6.08 Å². The molecule has 0 saturated heterocycles. The fraction of sp³-hybridized carbons (Fsp3) is 0.308. The highest BCUT2D eigenvalue weighted by molar-refractivity contribution is 5.85. The van der Waals surface area contributed by atoms with Crippen LogP contribution in [0.5, 0.6) is 5.75 Å². The van der Waals surface area contributed by atoms with E-state index in [4.69, 9.17) is 9.84 Å². The topological polar surface area (TPSA) is 46.5 Å². The highest BCUT2D eigenvalue weighted by Gasteiger charge is 1.93. The smallest absolute Gasteiger partial charge is 0.328 e. The first-order valence-corrected chi connectivity index (χ1v) is 5.36. The van der Waals surface area contributed by atoms with E-state index in [1.807, 2.05) is 24.3 Å². The molecular weight excluding hydrogens is 204 g/mol. The molecule has 0 saturated carbocycles. The fourth-order valence-corrected chi connectivity index (χ4v) is 1.18. The fourth-order valence-electron chi connectivity index (χ4n) is 1.18. The van der Waals surface area contributed by atoms with Crippen molar-refractivity contribution in [1.29, 1.82) is 0 Å². The van der Waals surface area contributed by atoms with Gasteiger partial charge in [-0.3, -0.25) is 0 Å². The van der Waals surface area contributed by atoms with E-state index in [2.05, 4.69) is 6.92 Å². The zero-order chi connectivity index (χ0) is 11.8. The number of ether oxygens (including phenoxy) is 1. The van der Waals surface area contributed by atoms with Gasteiger partial charge in [-0.25, -0.2) is 4.79 Å². The highest BCUT2D eigenvalue weighted by Crippen LogP contribution is 2.13. The van der Waals surface area contributed by atoms with E-state index >= 15 is 0 Å². The van der Waals surface area contributed by atoms with Gasteiger partial charge in [-0.05, 0) is 30.2 Å². The lowest BCUT2D eigenvalue weighted by Gasteiger charge is -2.04. The normalized spacial score (nSPS) is 10.6. The molecule has 16 heavy (non-hydrogen) atoms. The number of hydrogen-bond acceptors (Lipinski definition) is 2. The number of carboxylic acid groups (broad SMARTS) is 1. The van der Waals surface area contributed by atoms with Crippen LogP contribution in [0.1, 0.15) is 25.3 Å². The molecule has 0 bridgehead atoms. The first-order chi connectivity index (χ1) is 7.72. The van der Waals surface area contributed by atoms with Crippen LogP contribution >= 0.6 is 0 Å². The lowest BCUT2D eigenvalue weighted by Crippen LogP contribution is -1.95. The predicted octanol–water partition coefficient (Wildman–Crippen LogP) is 2.96. The number of aliphatic carboxylic acids is 1. The number of hydrogen-bond donors (Lipinski definition) is 1. The molecule has 0 amide bonds. The summed E-state index contributed by atoms with van der Waals surface area (Å²) in [5.41, 5.74) is 0.852. The molecule has 1 aromatic rings. The maximum atomic E-state index is 10.3. The number of rotatable bonds is 6. The molecule has 0 aliphatic rings. The summed E-state index contributed by atoms with van der Waals surface area (Å²) in [4.78, 5) is 10.3. The highest BCUT2D eigenvalue weighted by atomic mass is 16.5. The quantitative estimate of drug-likeness (QED) is 0.592. The van der Waals surface area contributed by atoms with Crippen LogP contribution in [-0.4, -0.2) is 17.7 Å². The summed E-state index contributed by atoms with van der Waals surface area (Å²) < 4.78 is 5.49. The van der Waals surface area contributed by atoms with Crippen LogP contribution in [0, 0.1) is 0 Å². The van der Waals surface area contributed by atoms with E-state index in [9.17, 15) is 4.79 Å². The summed E-state index contributed by atoms with van der Waals surface area (Å²) in [6.07, 6.45) is 4.82. The Morgan fingerprint density at radius 1 is 1.38 bits per heavy atom. The summed E-state index contributed by atoms with van der Waals surface area (Å²) in [5.74, 6) is -0.121. The number of carbonyl (C=O) groups is 1. The van der Waals surface area contributed by atoms with Gasteiger partial charge in [0.1, 0.15) is 5.75 Å². The van der Waals surface area contributed by atoms with E-state index < -0.39 is 5.97 Å². The van der Waals surface area contributed by atoms with Crippen molar-refractivity contribution in [2.75, 3.05) is 6.61 Å². The van der Waals surface area contributed by atoms with Crippen LogP contribution in [0.4, 0.5) is 0 Å². The van der Waals surface area contributed by atoms with Gasteiger partial charge >= 0.3 is 5.97 Å². The standard InChI is InChI=1S/C13H16O3/c1-2-3-10-16-12-7-4-11(5-8-12)6-9-13(14)15/h4-9H,2-3,10H2,1H3,(H,14,15)/b9-6-. The van der Waals surface area contributed by atoms with Crippen LogP contribution in [0.3, 0.4) is 0 Å². The Bertz CT molecular complexity index is 352. The van der Waals surface area contributed by atoms with Crippen molar-refractivity contribution in [3.63, 3.8) is 0 Å². The Kier molecular flexibility index (Phi) is 5.12. The molecule has 0 fully saturated rings. The van der Waals surface area contributed by atoms with Gasteiger partial charge in [0.25, 0.3) is 0 Å². The minimum absolute atomic E-state index is 0.723. The largest absolute Gasteiger partial charge is 0.494 e. The summed E-state index contributed by atoms with van der Waals surface area (Å²) >= 11 is 0. The zero-order valence-corrected chi connectivity index (χ0v) is 9.35. The molecule has 86 valence electrons. The van der Waals surface area contributed by atoms with Gasteiger partial charge < -0.3 is 9.84 Å². The summed E-state index contributed by atoms with van der Waals surface area (Å²) in [5, 5.41) is 8.46. The Morgan fingerprint density at radius 3 is 2.62 bits per heavy atom. The lowest BCUT2D eigenvalue weighted by atomic mass is 10.2. The average Bonchev–Trinajstić information content (AvgIpc) is 2.28. The van der Waals surface area contributed by atoms with Gasteiger partial charge in [0.15, 0.2) is 0 Å². The molecule has 3 nitrogen and oxygen atoms in total. The molecule has 0 spiro atoms. The lowest BCUT2D eigenvalue weighted by molar-refractivity contribution is -0.131. The predicted molar refractivity (Wildman–Crippen MR) is 63.5 cm³/mol. The Balaban J connectivity index is 2.51. The number of benzene rings is 1. The Morgan fingerprint density at radius 2 is 2.06 bits per heavy atom. The molecule has 3 heteroatoms. The molecule has 1 aromatic carbocycles. The number of unbranched alkanes of at least 4 members (excludes halogenated alkanes) is 1. The van der Waals surface area contributed by atoms with Crippen molar-refractivity contribution in [3.8, 4) is 5.75 Å². The second-order valence-corrected chi connectivity index (χ2v) is 3.44. The van der Waals surface area contributed by atoms with Crippen LogP contribution in [0.2, 0.25) is 0 Å². The third kappa shape index (κ3) is 4.64. The van der Waals surface area contributed by atoms with Crippen molar-refractivity contribution in [2.24, 2.45) is 0 Å². The van der Waals surface area contributed by atoms with E-state index in [1.165, 1.54) is 0 Å². The molecule has 1 N–H and O–H groups in total. The summed E-state index contributed by atoms with van der Waals surface area (Å²) in [6, 6.07) is 7.36. The molecule has 0 atom stereocenters. The third-order valence-electron chi connectivity index (χ3n) is 2.07. The molecule has 0 heterocycles. The molecule has 0 aromatic heterocycles. The van der Waals surface area contributed by atoms with Gasteiger partial charge in [0.2, 0.25) is 0 Å². The van der Waals surface area contributed by atoms with Gasteiger partial charge in [0, 0.05) is 6.08 Å². The molecular formula is C13H16O3. The zero-order valence-electron chi connectivity index (χ0n) is 9.35. The summed E-state index contributed by atoms with van der Waals surface area (Å²) in [6.45, 7) is 2.84. The first-order valence-electron chi connectivity index (χ1n) is 5.36. The van der Waals surface area contributed by atoms with Crippen molar-refractivity contribution in [2.45, 2.75) is 19.8 Å². The third-order valence-corrected chi connectivity index (χ3v) is 2.07.